The summed E-state index contributed by atoms with van der Waals surface area (Å²) in [7, 11) is 1.47. The molecule has 2 aliphatic carbocycles. The van der Waals surface area contributed by atoms with Gasteiger partial charge >= 0.3 is 8.56 Å². The van der Waals surface area contributed by atoms with Crippen LogP contribution < -0.4 is 0 Å². The Morgan fingerprint density at radius 3 is 2.40 bits per heavy atom. The summed E-state index contributed by atoms with van der Waals surface area (Å²) in [4.78, 5) is 0. The quantitative estimate of drug-likeness (QED) is 0.764. The van der Waals surface area contributed by atoms with Crippen molar-refractivity contribution in [3.63, 3.8) is 0 Å². The average Bonchev–Trinajstić information content (AvgIpc) is 2.95. The minimum atomic E-state index is -2.25. The van der Waals surface area contributed by atoms with Gasteiger partial charge in [0.25, 0.3) is 0 Å². The second-order valence-corrected chi connectivity index (χ2v) is 9.63. The van der Waals surface area contributed by atoms with Gasteiger partial charge in [0.05, 0.1) is 0 Å². The molecule has 3 heteroatoms. The molecule has 3 rings (SSSR count). The number of hydrogen-bond donors (Lipinski definition) is 0. The van der Waals surface area contributed by atoms with Crippen molar-refractivity contribution in [2.75, 3.05) is 14.2 Å². The van der Waals surface area contributed by atoms with Gasteiger partial charge in [-0.05, 0) is 24.0 Å². The van der Waals surface area contributed by atoms with Crippen molar-refractivity contribution in [1.82, 2.24) is 0 Å². The molecule has 0 N–H and O–H groups in total. The van der Waals surface area contributed by atoms with Crippen molar-refractivity contribution in [2.45, 2.75) is 43.2 Å². The highest BCUT2D eigenvalue weighted by Gasteiger charge is 2.52. The molecule has 2 nitrogen and oxygen atoms in total. The molecule has 0 bridgehead atoms. The largest absolute Gasteiger partial charge is 0.397 e. The average molecular weight is 288 g/mol. The molecule has 20 heavy (non-hydrogen) atoms. The lowest BCUT2D eigenvalue weighted by Gasteiger charge is -2.41. The molecule has 0 spiro atoms. The van der Waals surface area contributed by atoms with E-state index in [4.69, 9.17) is 8.85 Å². The van der Waals surface area contributed by atoms with Crippen LogP contribution in [-0.4, -0.2) is 22.8 Å². The zero-order valence-electron chi connectivity index (χ0n) is 12.5. The third-order valence-corrected chi connectivity index (χ3v) is 9.41. The molecule has 0 heterocycles. The lowest BCUT2D eigenvalue weighted by molar-refractivity contribution is 0.210. The lowest BCUT2D eigenvalue weighted by Crippen LogP contribution is -2.51. The van der Waals surface area contributed by atoms with Gasteiger partial charge in [0.1, 0.15) is 0 Å². The Morgan fingerprint density at radius 1 is 1.00 bits per heavy atom. The summed E-state index contributed by atoms with van der Waals surface area (Å²) >= 11 is 0. The zero-order valence-corrected chi connectivity index (χ0v) is 13.5. The molecular weight excluding hydrogens is 264 g/mol. The Bertz CT molecular complexity index is 488. The smallest absolute Gasteiger partial charge is 0.352 e. The van der Waals surface area contributed by atoms with E-state index in [1.165, 1.54) is 43.2 Å². The molecule has 0 amide bonds. The third kappa shape index (κ3) is 2.18. The van der Waals surface area contributed by atoms with Gasteiger partial charge < -0.3 is 8.85 Å². The third-order valence-electron chi connectivity index (χ3n) is 5.05. The first-order valence-corrected chi connectivity index (χ1v) is 9.66. The van der Waals surface area contributed by atoms with Gasteiger partial charge in [-0.25, -0.2) is 0 Å². The molecule has 0 radical (unpaired) electrons. The lowest BCUT2D eigenvalue weighted by atomic mass is 10.0. The molecule has 0 aliphatic heterocycles. The maximum absolute atomic E-state index is 6.13. The molecule has 1 atom stereocenters. The maximum atomic E-state index is 6.13. The van der Waals surface area contributed by atoms with Crippen molar-refractivity contribution >= 4 is 14.6 Å². The predicted molar refractivity (Wildman–Crippen MR) is 84.8 cm³/mol. The Balaban J connectivity index is 1.97. The van der Waals surface area contributed by atoms with Crippen molar-refractivity contribution in [2.24, 2.45) is 0 Å². The SMILES string of the molecule is CO[Si](OC)(C1CCCCC1)C1C=Cc2ccccc21. The second kappa shape index (κ2) is 5.84. The summed E-state index contributed by atoms with van der Waals surface area (Å²) in [6.45, 7) is 0. The summed E-state index contributed by atoms with van der Waals surface area (Å²) in [5, 5.41) is 0. The van der Waals surface area contributed by atoms with Crippen LogP contribution >= 0.6 is 0 Å². The normalized spacial score (nSPS) is 23.0. The van der Waals surface area contributed by atoms with Crippen LogP contribution in [0.15, 0.2) is 30.3 Å². The van der Waals surface area contributed by atoms with Crippen molar-refractivity contribution in [3.8, 4) is 0 Å². The Hall–Kier alpha value is -0.903. The van der Waals surface area contributed by atoms with E-state index < -0.39 is 8.56 Å². The fraction of sp³-hybridized carbons (Fsp3) is 0.529. The topological polar surface area (TPSA) is 18.5 Å². The van der Waals surface area contributed by atoms with Crippen molar-refractivity contribution < 1.29 is 8.85 Å². The van der Waals surface area contributed by atoms with Crippen LogP contribution in [0.1, 0.15) is 48.8 Å². The van der Waals surface area contributed by atoms with Crippen molar-refractivity contribution in [3.05, 3.63) is 41.5 Å². The molecular formula is C17H24O2Si. The summed E-state index contributed by atoms with van der Waals surface area (Å²) < 4.78 is 12.3. The number of allylic oxidation sites excluding steroid dienone is 1. The predicted octanol–water partition coefficient (Wildman–Crippen LogP) is 4.41. The maximum Gasteiger partial charge on any atom is 0.352 e. The molecule has 1 aromatic rings. The van der Waals surface area contributed by atoms with Crippen LogP contribution in [-0.2, 0) is 8.85 Å². The fourth-order valence-corrected chi connectivity index (χ4v) is 8.15. The van der Waals surface area contributed by atoms with E-state index in [-0.39, 0.29) is 0 Å². The standard InChI is InChI=1S/C17H24O2Si/c1-18-20(19-2,15-9-4-3-5-10-15)17-13-12-14-8-6-7-11-16(14)17/h6-8,11-13,15,17H,3-5,9-10H2,1-2H3. The highest BCUT2D eigenvalue weighted by atomic mass is 28.4. The van der Waals surface area contributed by atoms with Gasteiger partial charge in [0, 0.05) is 25.3 Å². The minimum absolute atomic E-state index is 0.344. The van der Waals surface area contributed by atoms with Crippen LogP contribution in [0.25, 0.3) is 6.08 Å². The highest BCUT2D eigenvalue weighted by molar-refractivity contribution is 6.71. The molecule has 1 aromatic carbocycles. The van der Waals surface area contributed by atoms with Crippen LogP contribution in [0.5, 0.6) is 0 Å². The number of benzene rings is 1. The number of hydrogen-bond acceptors (Lipinski definition) is 2. The van der Waals surface area contributed by atoms with Gasteiger partial charge in [-0.2, -0.15) is 0 Å². The Labute approximate surface area is 123 Å². The van der Waals surface area contributed by atoms with Gasteiger partial charge in [-0.3, -0.25) is 0 Å². The van der Waals surface area contributed by atoms with Gasteiger partial charge in [-0.15, -0.1) is 0 Å². The van der Waals surface area contributed by atoms with E-state index in [1.54, 1.807) is 0 Å². The fourth-order valence-electron chi connectivity index (χ4n) is 4.03. The van der Waals surface area contributed by atoms with E-state index >= 15 is 0 Å². The van der Waals surface area contributed by atoms with Crippen molar-refractivity contribution in [1.29, 1.82) is 0 Å². The van der Waals surface area contributed by atoms with E-state index in [0.717, 1.165) is 0 Å². The van der Waals surface area contributed by atoms with E-state index in [9.17, 15) is 0 Å². The minimum Gasteiger partial charge on any atom is -0.397 e. The molecule has 2 aliphatic rings. The van der Waals surface area contributed by atoms with Crippen LogP contribution in [0.3, 0.4) is 0 Å². The summed E-state index contributed by atoms with van der Waals surface area (Å²) in [5.74, 6) is 0. The molecule has 1 fully saturated rings. The Kier molecular flexibility index (Phi) is 4.10. The van der Waals surface area contributed by atoms with Gasteiger partial charge in [-0.1, -0.05) is 55.7 Å². The van der Waals surface area contributed by atoms with E-state index in [2.05, 4.69) is 36.4 Å². The van der Waals surface area contributed by atoms with E-state index in [0.29, 0.717) is 11.1 Å². The first-order valence-electron chi connectivity index (χ1n) is 7.69. The first kappa shape index (κ1) is 14.1. The molecule has 1 unspecified atom stereocenters. The first-order chi connectivity index (χ1) is 9.81. The monoisotopic (exact) mass is 288 g/mol. The molecule has 1 saturated carbocycles. The zero-order chi connectivity index (χ0) is 14.0. The van der Waals surface area contributed by atoms with E-state index in [1.807, 2.05) is 14.2 Å². The molecule has 0 saturated heterocycles. The second-order valence-electron chi connectivity index (χ2n) is 5.93. The number of rotatable bonds is 4. The van der Waals surface area contributed by atoms with Gasteiger partial charge in [0.15, 0.2) is 0 Å². The van der Waals surface area contributed by atoms with Crippen LogP contribution in [0, 0.1) is 0 Å². The van der Waals surface area contributed by atoms with Crippen LogP contribution in [0.2, 0.25) is 5.54 Å². The molecule has 108 valence electrons. The van der Waals surface area contributed by atoms with Crippen LogP contribution in [0.4, 0.5) is 0 Å². The summed E-state index contributed by atoms with van der Waals surface area (Å²) in [5.41, 5.74) is 3.69. The van der Waals surface area contributed by atoms with Gasteiger partial charge in [0.2, 0.25) is 0 Å². The number of fused-ring (bicyclic) bond motifs is 1. The molecule has 0 aromatic heterocycles. The summed E-state index contributed by atoms with van der Waals surface area (Å²) in [6, 6.07) is 8.67. The highest BCUT2D eigenvalue weighted by Crippen LogP contribution is 2.47. The Morgan fingerprint density at radius 2 is 1.70 bits per heavy atom. The summed E-state index contributed by atoms with van der Waals surface area (Å²) in [6.07, 6.45) is 11.1.